The average Bonchev–Trinajstić information content (AvgIpc) is 2.77. The van der Waals surface area contributed by atoms with Crippen LogP contribution in [0.15, 0.2) is 24.3 Å². The van der Waals surface area contributed by atoms with Crippen LogP contribution in [-0.2, 0) is 6.42 Å². The molecule has 0 amide bonds. The van der Waals surface area contributed by atoms with E-state index in [-0.39, 0.29) is 0 Å². The Morgan fingerprint density at radius 3 is 2.59 bits per heavy atom. The molecule has 1 saturated heterocycles. The molecule has 1 aliphatic heterocycles. The first-order chi connectivity index (χ1) is 8.28. The highest BCUT2D eigenvalue weighted by atomic mass is 16.3. The van der Waals surface area contributed by atoms with E-state index >= 15 is 0 Å². The van der Waals surface area contributed by atoms with E-state index < -0.39 is 0 Å². The number of hydrogen-bond donors (Lipinski definition) is 2. The molecule has 0 atom stereocenters. The van der Waals surface area contributed by atoms with Crippen LogP contribution in [0, 0.1) is 11.3 Å². The summed E-state index contributed by atoms with van der Waals surface area (Å²) in [4.78, 5) is 0. The van der Waals surface area contributed by atoms with Crippen molar-refractivity contribution in [3.05, 3.63) is 29.8 Å². The first kappa shape index (κ1) is 11.1. The Bertz CT molecular complexity index is 392. The van der Waals surface area contributed by atoms with Gasteiger partial charge in [0.1, 0.15) is 5.75 Å². The molecule has 0 aromatic heterocycles. The van der Waals surface area contributed by atoms with Crippen molar-refractivity contribution in [2.75, 3.05) is 13.1 Å². The summed E-state index contributed by atoms with van der Waals surface area (Å²) in [6.45, 7) is 2.32. The van der Waals surface area contributed by atoms with Crippen molar-refractivity contribution in [2.45, 2.75) is 32.1 Å². The molecule has 1 heterocycles. The number of nitrogens with one attached hydrogen (secondary N) is 1. The normalized spacial score (nSPS) is 23.5. The Balaban J connectivity index is 1.77. The molecular formula is C15H21NO. The molecule has 1 aliphatic carbocycles. The largest absolute Gasteiger partial charge is 0.508 e. The van der Waals surface area contributed by atoms with Gasteiger partial charge in [-0.2, -0.15) is 0 Å². The molecule has 1 aromatic rings. The summed E-state index contributed by atoms with van der Waals surface area (Å²) < 4.78 is 0. The van der Waals surface area contributed by atoms with E-state index in [0.29, 0.717) is 11.2 Å². The molecule has 2 N–H and O–H groups in total. The maximum atomic E-state index is 9.55. The van der Waals surface area contributed by atoms with Crippen molar-refractivity contribution in [3.8, 4) is 5.75 Å². The average molecular weight is 231 g/mol. The second-order valence-electron chi connectivity index (χ2n) is 5.79. The number of benzene rings is 1. The Morgan fingerprint density at radius 2 is 2.00 bits per heavy atom. The van der Waals surface area contributed by atoms with E-state index in [4.69, 9.17) is 0 Å². The van der Waals surface area contributed by atoms with Gasteiger partial charge in [-0.3, -0.25) is 0 Å². The van der Waals surface area contributed by atoms with Crippen LogP contribution < -0.4 is 5.32 Å². The summed E-state index contributed by atoms with van der Waals surface area (Å²) >= 11 is 0. The molecule has 0 spiro atoms. The number of rotatable bonds is 3. The molecule has 0 unspecified atom stereocenters. The lowest BCUT2D eigenvalue weighted by molar-refractivity contribution is 0.0811. The molecular weight excluding hydrogens is 210 g/mol. The monoisotopic (exact) mass is 231 g/mol. The maximum absolute atomic E-state index is 9.55. The van der Waals surface area contributed by atoms with E-state index in [1.165, 1.54) is 31.2 Å². The molecule has 1 saturated carbocycles. The summed E-state index contributed by atoms with van der Waals surface area (Å²) in [5, 5.41) is 13.0. The van der Waals surface area contributed by atoms with Crippen LogP contribution in [0.3, 0.4) is 0 Å². The molecule has 0 radical (unpaired) electrons. The fourth-order valence-electron chi connectivity index (χ4n) is 3.62. The zero-order chi connectivity index (χ0) is 11.7. The van der Waals surface area contributed by atoms with E-state index in [0.717, 1.165) is 25.4 Å². The van der Waals surface area contributed by atoms with E-state index in [2.05, 4.69) is 11.4 Å². The molecule has 17 heavy (non-hydrogen) atoms. The van der Waals surface area contributed by atoms with E-state index in [9.17, 15) is 5.11 Å². The van der Waals surface area contributed by atoms with Crippen LogP contribution in [0.4, 0.5) is 0 Å². The third kappa shape index (κ3) is 2.06. The zero-order valence-corrected chi connectivity index (χ0v) is 10.3. The summed E-state index contributed by atoms with van der Waals surface area (Å²) in [7, 11) is 0. The Morgan fingerprint density at radius 1 is 1.24 bits per heavy atom. The van der Waals surface area contributed by atoms with Gasteiger partial charge in [-0.05, 0) is 42.9 Å². The first-order valence-electron chi connectivity index (χ1n) is 6.77. The van der Waals surface area contributed by atoms with Gasteiger partial charge in [0.2, 0.25) is 0 Å². The summed E-state index contributed by atoms with van der Waals surface area (Å²) in [6.07, 6.45) is 6.75. The van der Waals surface area contributed by atoms with Crippen molar-refractivity contribution >= 4 is 0 Å². The number of hydrogen-bond acceptors (Lipinski definition) is 2. The number of phenolic OH excluding ortho intramolecular Hbond substituents is 1. The Kier molecular flexibility index (Phi) is 2.83. The minimum Gasteiger partial charge on any atom is -0.508 e. The van der Waals surface area contributed by atoms with Crippen LogP contribution in [0.25, 0.3) is 0 Å². The fourth-order valence-corrected chi connectivity index (χ4v) is 3.62. The molecule has 2 aliphatic rings. The highest BCUT2D eigenvalue weighted by Gasteiger charge is 2.44. The van der Waals surface area contributed by atoms with Crippen molar-refractivity contribution in [1.29, 1.82) is 0 Å². The van der Waals surface area contributed by atoms with E-state index in [1.807, 2.05) is 12.1 Å². The molecule has 92 valence electrons. The van der Waals surface area contributed by atoms with Gasteiger partial charge in [-0.1, -0.05) is 25.0 Å². The predicted octanol–water partition coefficient (Wildman–Crippen LogP) is 2.71. The lowest BCUT2D eigenvalue weighted by atomic mass is 9.66. The van der Waals surface area contributed by atoms with Crippen molar-refractivity contribution in [1.82, 2.24) is 5.32 Å². The Hall–Kier alpha value is -1.02. The lowest BCUT2D eigenvalue weighted by Gasteiger charge is -2.48. The third-order valence-electron chi connectivity index (χ3n) is 4.64. The molecule has 2 heteroatoms. The topological polar surface area (TPSA) is 32.3 Å². The highest BCUT2D eigenvalue weighted by molar-refractivity contribution is 5.28. The standard InChI is InChI=1S/C15H21NO/c17-14-7-3-4-12(8-14)9-15(10-16-11-15)13-5-1-2-6-13/h3-4,7-8,13,16-17H,1-2,5-6,9-11H2. The minimum atomic E-state index is 0.399. The summed E-state index contributed by atoms with van der Waals surface area (Å²) in [5.41, 5.74) is 1.77. The van der Waals surface area contributed by atoms with Gasteiger partial charge in [-0.15, -0.1) is 0 Å². The van der Waals surface area contributed by atoms with Crippen molar-refractivity contribution in [2.24, 2.45) is 11.3 Å². The van der Waals surface area contributed by atoms with Crippen molar-refractivity contribution < 1.29 is 5.11 Å². The summed E-state index contributed by atoms with van der Waals surface area (Å²) in [5.74, 6) is 1.29. The highest BCUT2D eigenvalue weighted by Crippen LogP contribution is 2.44. The van der Waals surface area contributed by atoms with Crippen LogP contribution in [0.1, 0.15) is 31.2 Å². The lowest BCUT2D eigenvalue weighted by Crippen LogP contribution is -2.58. The maximum Gasteiger partial charge on any atom is 0.115 e. The van der Waals surface area contributed by atoms with Gasteiger partial charge in [0, 0.05) is 18.5 Å². The number of phenols is 1. The second-order valence-corrected chi connectivity index (χ2v) is 5.79. The van der Waals surface area contributed by atoms with Gasteiger partial charge in [0.15, 0.2) is 0 Å². The fraction of sp³-hybridized carbons (Fsp3) is 0.600. The summed E-state index contributed by atoms with van der Waals surface area (Å²) in [6, 6.07) is 7.79. The van der Waals surface area contributed by atoms with Gasteiger partial charge < -0.3 is 10.4 Å². The molecule has 1 aromatic carbocycles. The smallest absolute Gasteiger partial charge is 0.115 e. The van der Waals surface area contributed by atoms with Gasteiger partial charge in [-0.25, -0.2) is 0 Å². The van der Waals surface area contributed by atoms with Crippen LogP contribution >= 0.6 is 0 Å². The predicted molar refractivity (Wildman–Crippen MR) is 69.1 cm³/mol. The van der Waals surface area contributed by atoms with Crippen LogP contribution in [0.2, 0.25) is 0 Å². The third-order valence-corrected chi connectivity index (χ3v) is 4.64. The van der Waals surface area contributed by atoms with Gasteiger partial charge in [0.05, 0.1) is 0 Å². The Labute approximate surface area is 103 Å². The second kappa shape index (κ2) is 4.34. The minimum absolute atomic E-state index is 0.399. The SMILES string of the molecule is Oc1cccc(CC2(C3CCCC3)CNC2)c1. The molecule has 2 fully saturated rings. The van der Waals surface area contributed by atoms with Crippen molar-refractivity contribution in [3.63, 3.8) is 0 Å². The molecule has 3 rings (SSSR count). The van der Waals surface area contributed by atoms with E-state index in [1.54, 1.807) is 6.07 Å². The van der Waals surface area contributed by atoms with Gasteiger partial charge in [0.25, 0.3) is 0 Å². The van der Waals surface area contributed by atoms with Gasteiger partial charge >= 0.3 is 0 Å². The number of aromatic hydroxyl groups is 1. The molecule has 0 bridgehead atoms. The van der Waals surface area contributed by atoms with Crippen LogP contribution in [-0.4, -0.2) is 18.2 Å². The first-order valence-corrected chi connectivity index (χ1v) is 6.77. The molecule has 2 nitrogen and oxygen atoms in total. The quantitative estimate of drug-likeness (QED) is 0.838. The zero-order valence-electron chi connectivity index (χ0n) is 10.3. The van der Waals surface area contributed by atoms with Crippen LogP contribution in [0.5, 0.6) is 5.75 Å².